The van der Waals surface area contributed by atoms with Gasteiger partial charge in [0.25, 0.3) is 0 Å². The first-order chi connectivity index (χ1) is 14.0. The van der Waals surface area contributed by atoms with Gasteiger partial charge in [-0.1, -0.05) is 48.5 Å². The molecule has 0 saturated heterocycles. The second kappa shape index (κ2) is 7.59. The maximum absolute atomic E-state index is 13.0. The Labute approximate surface area is 170 Å². The number of esters is 2. The van der Waals surface area contributed by atoms with Crippen molar-refractivity contribution >= 4 is 11.9 Å². The Balaban J connectivity index is 1.89. The molecule has 2 aromatic rings. The molecule has 5 nitrogen and oxygen atoms in total. The number of nitrogens with zero attached hydrogens (tertiary/aromatic N) is 1. The minimum absolute atomic E-state index is 0.269. The summed E-state index contributed by atoms with van der Waals surface area (Å²) in [4.78, 5) is 28.0. The molecule has 0 bridgehead atoms. The molecule has 0 fully saturated rings. The first-order valence-corrected chi connectivity index (χ1v) is 9.74. The van der Waals surface area contributed by atoms with Crippen LogP contribution in [0.2, 0.25) is 0 Å². The maximum atomic E-state index is 13.0. The van der Waals surface area contributed by atoms with Crippen LogP contribution in [0.1, 0.15) is 37.8 Å². The van der Waals surface area contributed by atoms with E-state index in [0.29, 0.717) is 23.4 Å². The van der Waals surface area contributed by atoms with Crippen molar-refractivity contribution in [3.8, 4) is 5.75 Å². The number of rotatable bonds is 4. The van der Waals surface area contributed by atoms with Crippen molar-refractivity contribution in [1.29, 1.82) is 0 Å². The second-order valence-electron chi connectivity index (χ2n) is 7.15. The van der Waals surface area contributed by atoms with Crippen LogP contribution >= 0.6 is 0 Å². The van der Waals surface area contributed by atoms with Crippen LogP contribution in [-0.2, 0) is 20.9 Å². The number of benzene rings is 2. The standard InChI is InChI=1S/C24H23NO4/c1-4-28-23(26)20-15(2)25(14-17-10-6-5-7-11-17)16(3)21-22(20)18-12-8-9-13-19(18)29-24(21)27/h5-13,22H,4,14H2,1-3H3. The van der Waals surface area contributed by atoms with E-state index in [4.69, 9.17) is 9.47 Å². The Morgan fingerprint density at radius 1 is 1.03 bits per heavy atom. The molecule has 29 heavy (non-hydrogen) atoms. The number of hydrogen-bond donors (Lipinski definition) is 0. The van der Waals surface area contributed by atoms with Crippen LogP contribution in [0.25, 0.3) is 0 Å². The minimum atomic E-state index is -0.487. The largest absolute Gasteiger partial charge is 0.463 e. The Morgan fingerprint density at radius 3 is 2.45 bits per heavy atom. The molecule has 4 rings (SSSR count). The van der Waals surface area contributed by atoms with Gasteiger partial charge in [-0.25, -0.2) is 9.59 Å². The monoisotopic (exact) mass is 389 g/mol. The Morgan fingerprint density at radius 2 is 1.72 bits per heavy atom. The zero-order valence-electron chi connectivity index (χ0n) is 16.8. The lowest BCUT2D eigenvalue weighted by Gasteiger charge is -2.40. The van der Waals surface area contributed by atoms with E-state index in [-0.39, 0.29) is 6.61 Å². The third-order valence-electron chi connectivity index (χ3n) is 5.50. The fourth-order valence-corrected chi connectivity index (χ4v) is 4.13. The van der Waals surface area contributed by atoms with Crippen LogP contribution < -0.4 is 4.74 Å². The van der Waals surface area contributed by atoms with Gasteiger partial charge in [-0.2, -0.15) is 0 Å². The highest BCUT2D eigenvalue weighted by Gasteiger charge is 2.44. The van der Waals surface area contributed by atoms with Gasteiger partial charge in [0.15, 0.2) is 0 Å². The van der Waals surface area contributed by atoms with Crippen LogP contribution in [0, 0.1) is 0 Å². The van der Waals surface area contributed by atoms with E-state index >= 15 is 0 Å². The number of para-hydroxylation sites is 1. The van der Waals surface area contributed by atoms with Crippen molar-refractivity contribution in [1.82, 2.24) is 4.90 Å². The fourth-order valence-electron chi connectivity index (χ4n) is 4.13. The lowest BCUT2D eigenvalue weighted by molar-refractivity contribution is -0.139. The van der Waals surface area contributed by atoms with Crippen molar-refractivity contribution < 1.29 is 19.1 Å². The van der Waals surface area contributed by atoms with Gasteiger partial charge in [0, 0.05) is 23.5 Å². The molecule has 1 atom stereocenters. The number of hydrogen-bond acceptors (Lipinski definition) is 5. The van der Waals surface area contributed by atoms with Crippen molar-refractivity contribution in [2.24, 2.45) is 0 Å². The number of carbonyl (C=O) groups excluding carboxylic acids is 2. The van der Waals surface area contributed by atoms with Crippen molar-refractivity contribution in [3.63, 3.8) is 0 Å². The first-order valence-electron chi connectivity index (χ1n) is 9.74. The normalized spacial score (nSPS) is 18.2. The summed E-state index contributed by atoms with van der Waals surface area (Å²) < 4.78 is 11.0. The average molecular weight is 389 g/mol. The van der Waals surface area contributed by atoms with E-state index in [1.807, 2.05) is 67.3 Å². The Kier molecular flexibility index (Phi) is 4.97. The van der Waals surface area contributed by atoms with Gasteiger partial charge in [-0.05, 0) is 32.4 Å². The lowest BCUT2D eigenvalue weighted by Crippen LogP contribution is -2.38. The summed E-state index contributed by atoms with van der Waals surface area (Å²) in [6.45, 7) is 6.42. The molecule has 1 unspecified atom stereocenters. The molecular formula is C24H23NO4. The summed E-state index contributed by atoms with van der Waals surface area (Å²) in [6, 6.07) is 17.3. The summed E-state index contributed by atoms with van der Waals surface area (Å²) in [6.07, 6.45) is 0. The molecule has 0 N–H and O–H groups in total. The van der Waals surface area contributed by atoms with Crippen LogP contribution in [0.5, 0.6) is 5.75 Å². The topological polar surface area (TPSA) is 55.8 Å². The highest BCUT2D eigenvalue weighted by Crippen LogP contribution is 2.48. The second-order valence-corrected chi connectivity index (χ2v) is 7.15. The van der Waals surface area contributed by atoms with E-state index in [9.17, 15) is 9.59 Å². The lowest BCUT2D eigenvalue weighted by atomic mass is 9.78. The van der Waals surface area contributed by atoms with Gasteiger partial charge in [0.1, 0.15) is 5.75 Å². The third-order valence-corrected chi connectivity index (χ3v) is 5.50. The zero-order chi connectivity index (χ0) is 20.5. The smallest absolute Gasteiger partial charge is 0.342 e. The van der Waals surface area contributed by atoms with E-state index in [1.165, 1.54) is 0 Å². The summed E-state index contributed by atoms with van der Waals surface area (Å²) in [5.74, 6) is -0.815. The average Bonchev–Trinajstić information content (AvgIpc) is 2.72. The van der Waals surface area contributed by atoms with Gasteiger partial charge >= 0.3 is 11.9 Å². The van der Waals surface area contributed by atoms with Gasteiger partial charge < -0.3 is 14.4 Å². The Hall–Kier alpha value is -3.34. The highest BCUT2D eigenvalue weighted by molar-refractivity contribution is 6.02. The Bertz CT molecular complexity index is 1040. The minimum Gasteiger partial charge on any atom is -0.463 e. The van der Waals surface area contributed by atoms with Crippen LogP contribution in [0.15, 0.2) is 77.1 Å². The summed E-state index contributed by atoms with van der Waals surface area (Å²) >= 11 is 0. The SMILES string of the molecule is CCOC(=O)C1=C(C)N(Cc2ccccc2)C(C)=C2C(=O)Oc3ccccc3C12. The van der Waals surface area contributed by atoms with Gasteiger partial charge in [0.05, 0.1) is 23.7 Å². The molecule has 0 spiro atoms. The molecule has 0 amide bonds. The summed E-state index contributed by atoms with van der Waals surface area (Å²) in [5.41, 5.74) is 4.47. The molecule has 0 radical (unpaired) electrons. The maximum Gasteiger partial charge on any atom is 0.342 e. The summed E-state index contributed by atoms with van der Waals surface area (Å²) in [7, 11) is 0. The quantitative estimate of drug-likeness (QED) is 0.576. The van der Waals surface area contributed by atoms with Crippen molar-refractivity contribution in [2.75, 3.05) is 6.61 Å². The van der Waals surface area contributed by atoms with Crippen LogP contribution in [-0.4, -0.2) is 23.4 Å². The third kappa shape index (κ3) is 3.23. The van der Waals surface area contributed by atoms with E-state index in [0.717, 1.165) is 22.5 Å². The molecule has 0 saturated carbocycles. The fraction of sp³-hybridized carbons (Fsp3) is 0.250. The first kappa shape index (κ1) is 19.0. The van der Waals surface area contributed by atoms with Gasteiger partial charge in [0.2, 0.25) is 0 Å². The van der Waals surface area contributed by atoms with E-state index < -0.39 is 17.9 Å². The molecular weight excluding hydrogens is 366 g/mol. The molecule has 2 aliphatic heterocycles. The number of ether oxygens (including phenoxy) is 2. The highest BCUT2D eigenvalue weighted by atomic mass is 16.5. The van der Waals surface area contributed by atoms with Crippen LogP contribution in [0.4, 0.5) is 0 Å². The van der Waals surface area contributed by atoms with E-state index in [2.05, 4.69) is 0 Å². The predicted octanol–water partition coefficient (Wildman–Crippen LogP) is 4.32. The molecule has 2 aromatic carbocycles. The van der Waals surface area contributed by atoms with Crippen molar-refractivity contribution in [2.45, 2.75) is 33.2 Å². The van der Waals surface area contributed by atoms with Crippen LogP contribution in [0.3, 0.4) is 0 Å². The van der Waals surface area contributed by atoms with Gasteiger partial charge in [-0.3, -0.25) is 0 Å². The number of carbonyl (C=O) groups is 2. The molecule has 0 aliphatic carbocycles. The summed E-state index contributed by atoms with van der Waals surface area (Å²) in [5, 5.41) is 0. The zero-order valence-corrected chi connectivity index (χ0v) is 16.8. The molecule has 148 valence electrons. The van der Waals surface area contributed by atoms with E-state index in [1.54, 1.807) is 13.0 Å². The molecule has 5 heteroatoms. The molecule has 2 aliphatic rings. The predicted molar refractivity (Wildman–Crippen MR) is 109 cm³/mol. The number of fused-ring (bicyclic) bond motifs is 3. The number of allylic oxidation sites excluding steroid dienone is 2. The molecule has 0 aromatic heterocycles. The molecule has 2 heterocycles. The van der Waals surface area contributed by atoms with Gasteiger partial charge in [-0.15, -0.1) is 0 Å². The van der Waals surface area contributed by atoms with Crippen molar-refractivity contribution in [3.05, 3.63) is 88.3 Å².